The smallest absolute Gasteiger partial charge is 0.315 e. The minimum atomic E-state index is -0.528. The number of aliphatic hydroxyl groups excluding tert-OH is 1. The number of hydrogen-bond acceptors (Lipinski definition) is 7. The van der Waals surface area contributed by atoms with E-state index in [0.29, 0.717) is 18.7 Å². The van der Waals surface area contributed by atoms with Gasteiger partial charge in [0.1, 0.15) is 0 Å². The zero-order valence-corrected chi connectivity index (χ0v) is 25.2. The number of nitrogens with one attached hydrogen (secondary N) is 2. The van der Waals surface area contributed by atoms with E-state index in [2.05, 4.69) is 20.6 Å². The van der Waals surface area contributed by atoms with Crippen molar-refractivity contribution in [1.29, 1.82) is 0 Å². The Kier molecular flexibility index (Phi) is 8.40. The van der Waals surface area contributed by atoms with Crippen LogP contribution in [0.15, 0.2) is 72.1 Å². The highest BCUT2D eigenvalue weighted by Gasteiger charge is 2.51. The highest BCUT2D eigenvalue weighted by molar-refractivity contribution is 7.99. The molecule has 3 aromatic rings. The van der Waals surface area contributed by atoms with Crippen LogP contribution in [0.5, 0.6) is 0 Å². The molecule has 8 nitrogen and oxygen atoms in total. The Morgan fingerprint density at radius 2 is 1.49 bits per heavy atom. The molecular formula is C34H40N4O4S. The molecule has 3 atom stereocenters. The van der Waals surface area contributed by atoms with Crippen LogP contribution in [0.25, 0.3) is 0 Å². The van der Waals surface area contributed by atoms with Gasteiger partial charge in [-0.25, -0.2) is 14.8 Å². The second kappa shape index (κ2) is 12.6. The van der Waals surface area contributed by atoms with Crippen molar-refractivity contribution in [2.24, 2.45) is 17.8 Å². The summed E-state index contributed by atoms with van der Waals surface area (Å²) in [5.74, 6) is 3.10. The summed E-state index contributed by atoms with van der Waals surface area (Å²) in [6.45, 7) is 0.486. The summed E-state index contributed by atoms with van der Waals surface area (Å²) in [7, 11) is 0. The molecule has 8 rings (SSSR count). The summed E-state index contributed by atoms with van der Waals surface area (Å²) in [4.78, 5) is 21.6. The molecule has 226 valence electrons. The molecule has 3 N–H and O–H groups in total. The average molecular weight is 601 g/mol. The Morgan fingerprint density at radius 1 is 0.860 bits per heavy atom. The van der Waals surface area contributed by atoms with E-state index < -0.39 is 6.29 Å². The largest absolute Gasteiger partial charge is 0.392 e. The van der Waals surface area contributed by atoms with Crippen LogP contribution in [0, 0.1) is 17.8 Å². The fourth-order valence-corrected chi connectivity index (χ4v) is 8.89. The molecule has 2 aromatic carbocycles. The van der Waals surface area contributed by atoms with Gasteiger partial charge in [-0.3, -0.25) is 0 Å². The van der Waals surface area contributed by atoms with E-state index in [1.165, 1.54) is 19.3 Å². The summed E-state index contributed by atoms with van der Waals surface area (Å²) in [6, 6.07) is 17.8. The van der Waals surface area contributed by atoms with Gasteiger partial charge in [0.2, 0.25) is 0 Å². The quantitative estimate of drug-likeness (QED) is 0.202. The van der Waals surface area contributed by atoms with Crippen molar-refractivity contribution < 1.29 is 19.4 Å². The van der Waals surface area contributed by atoms with E-state index in [-0.39, 0.29) is 30.4 Å². The van der Waals surface area contributed by atoms with Crippen molar-refractivity contribution in [1.82, 2.24) is 20.6 Å². The van der Waals surface area contributed by atoms with Crippen LogP contribution in [-0.4, -0.2) is 38.5 Å². The lowest BCUT2D eigenvalue weighted by molar-refractivity contribution is -0.245. The van der Waals surface area contributed by atoms with Crippen molar-refractivity contribution in [2.45, 2.75) is 87.3 Å². The molecule has 0 unspecified atom stereocenters. The Bertz CT molecular complexity index is 1350. The first-order chi connectivity index (χ1) is 21.0. The van der Waals surface area contributed by atoms with E-state index in [1.54, 1.807) is 24.2 Å². The minimum absolute atomic E-state index is 0.00870. The summed E-state index contributed by atoms with van der Waals surface area (Å²) >= 11 is 1.58. The number of rotatable bonds is 9. The Labute approximate surface area is 257 Å². The van der Waals surface area contributed by atoms with E-state index in [9.17, 15) is 9.90 Å². The fourth-order valence-electron chi connectivity index (χ4n) is 8.07. The summed E-state index contributed by atoms with van der Waals surface area (Å²) < 4.78 is 12.9. The van der Waals surface area contributed by atoms with Crippen LogP contribution in [-0.2, 0) is 22.6 Å². The normalized spacial score (nSPS) is 31.1. The number of hydrogen-bond donors (Lipinski definition) is 3. The molecule has 9 heteroatoms. The molecule has 4 aliphatic carbocycles. The summed E-state index contributed by atoms with van der Waals surface area (Å²) in [5.41, 5.74) is 3.90. The van der Waals surface area contributed by atoms with E-state index in [4.69, 9.17) is 9.47 Å². The van der Waals surface area contributed by atoms with Crippen molar-refractivity contribution in [3.05, 3.63) is 89.2 Å². The monoisotopic (exact) mass is 600 g/mol. The lowest BCUT2D eigenvalue weighted by Crippen LogP contribution is -2.61. The SMILES string of the molecule is O=C(NCc1ccc([C@@H]2O[C@H](CSc3ncccn3)C[C@H](c3ccc(CO)cc3)O2)cc1)NC12CC3CC(CC(C3)C1)C2. The number of ether oxygens (including phenoxy) is 2. The van der Waals surface area contributed by atoms with Crippen molar-refractivity contribution >= 4 is 17.8 Å². The average Bonchev–Trinajstić information content (AvgIpc) is 3.02. The van der Waals surface area contributed by atoms with Crippen LogP contribution in [0.1, 0.15) is 79.6 Å². The number of aromatic nitrogens is 2. The third-order valence-corrected chi connectivity index (χ3v) is 10.7. The number of carbonyl (C=O) groups is 1. The molecule has 1 saturated heterocycles. The number of aliphatic hydroxyl groups is 1. The lowest BCUT2D eigenvalue weighted by atomic mass is 9.53. The van der Waals surface area contributed by atoms with Crippen LogP contribution in [0.3, 0.4) is 0 Å². The fraction of sp³-hybridized carbons (Fsp3) is 0.500. The number of urea groups is 1. The molecule has 43 heavy (non-hydrogen) atoms. The zero-order valence-electron chi connectivity index (χ0n) is 24.4. The molecule has 0 radical (unpaired) electrons. The molecule has 4 bridgehead atoms. The summed E-state index contributed by atoms with van der Waals surface area (Å²) in [5, 5.41) is 16.7. The van der Waals surface area contributed by atoms with Gasteiger partial charge in [-0.15, -0.1) is 0 Å². The van der Waals surface area contributed by atoms with Crippen molar-refractivity contribution in [3.8, 4) is 0 Å². The number of thioether (sulfide) groups is 1. The maximum Gasteiger partial charge on any atom is 0.315 e. The molecule has 1 aromatic heterocycles. The first kappa shape index (κ1) is 28.8. The second-order valence-corrected chi connectivity index (χ2v) is 13.9. The van der Waals surface area contributed by atoms with Crippen LogP contribution < -0.4 is 10.6 Å². The molecule has 5 fully saturated rings. The first-order valence-corrected chi connectivity index (χ1v) is 16.6. The standard InChI is InChI=1S/C34H40N4O4S/c39-20-23-4-6-27(7-5-23)30-15-29(21-43-33-35-10-1-11-36-33)41-31(42-30)28-8-2-22(3-9-28)19-37-32(40)38-34-16-24-12-25(17-34)14-26(13-24)18-34/h1-11,24-26,29-31,39H,12-21H2,(H2,37,38,40)/t24?,25?,26?,29-,30+,31+,34?/m0/s1. The third kappa shape index (κ3) is 6.75. The Hall–Kier alpha value is -2.98. The molecule has 5 aliphatic rings. The number of nitrogens with zero attached hydrogens (tertiary/aromatic N) is 2. The van der Waals surface area contributed by atoms with Gasteiger partial charge in [-0.2, -0.15) is 0 Å². The molecule has 2 heterocycles. The van der Waals surface area contributed by atoms with E-state index in [1.807, 2.05) is 54.6 Å². The number of carbonyl (C=O) groups excluding carboxylic acids is 1. The zero-order chi connectivity index (χ0) is 29.2. The maximum atomic E-state index is 12.9. The predicted molar refractivity (Wildman–Crippen MR) is 164 cm³/mol. The minimum Gasteiger partial charge on any atom is -0.392 e. The molecule has 4 saturated carbocycles. The molecule has 0 spiro atoms. The van der Waals surface area contributed by atoms with Gasteiger partial charge >= 0.3 is 6.03 Å². The topological polar surface area (TPSA) is 106 Å². The molecule has 2 amide bonds. The Morgan fingerprint density at radius 3 is 2.14 bits per heavy atom. The van der Waals surface area contributed by atoms with Gasteiger partial charge in [0.05, 0.1) is 18.8 Å². The highest BCUT2D eigenvalue weighted by Crippen LogP contribution is 2.55. The number of amides is 2. The van der Waals surface area contributed by atoms with E-state index in [0.717, 1.165) is 64.4 Å². The lowest BCUT2D eigenvalue weighted by Gasteiger charge is -2.56. The third-order valence-electron chi connectivity index (χ3n) is 9.68. The highest BCUT2D eigenvalue weighted by atomic mass is 32.2. The van der Waals surface area contributed by atoms with Crippen molar-refractivity contribution in [2.75, 3.05) is 5.75 Å². The van der Waals surface area contributed by atoms with Crippen LogP contribution in [0.4, 0.5) is 4.79 Å². The Balaban J connectivity index is 0.982. The number of benzene rings is 2. The second-order valence-electron chi connectivity index (χ2n) is 12.9. The van der Waals surface area contributed by atoms with Gasteiger partial charge in [0, 0.05) is 42.2 Å². The summed E-state index contributed by atoms with van der Waals surface area (Å²) in [6.07, 6.45) is 11.0. The van der Waals surface area contributed by atoms with Crippen LogP contribution in [0.2, 0.25) is 0 Å². The van der Waals surface area contributed by atoms with Gasteiger partial charge in [-0.1, -0.05) is 60.3 Å². The van der Waals surface area contributed by atoms with Gasteiger partial charge in [0.25, 0.3) is 0 Å². The van der Waals surface area contributed by atoms with Crippen LogP contribution >= 0.6 is 11.8 Å². The molecule has 1 aliphatic heterocycles. The predicted octanol–water partition coefficient (Wildman–Crippen LogP) is 6.07. The van der Waals surface area contributed by atoms with Crippen molar-refractivity contribution in [3.63, 3.8) is 0 Å². The van der Waals surface area contributed by atoms with E-state index >= 15 is 0 Å². The van der Waals surface area contributed by atoms with Gasteiger partial charge in [-0.05, 0) is 79.0 Å². The molecular weight excluding hydrogens is 560 g/mol. The maximum absolute atomic E-state index is 12.9. The van der Waals surface area contributed by atoms with Gasteiger partial charge < -0.3 is 25.2 Å². The van der Waals surface area contributed by atoms with Gasteiger partial charge in [0.15, 0.2) is 11.4 Å². The first-order valence-electron chi connectivity index (χ1n) is 15.6.